The van der Waals surface area contributed by atoms with Crippen LogP contribution in [0, 0.1) is 5.82 Å². The Hall–Kier alpha value is -0.410. The number of rotatable bonds is 7. The van der Waals surface area contributed by atoms with Gasteiger partial charge in [-0.2, -0.15) is 0 Å². The van der Waals surface area contributed by atoms with Crippen molar-refractivity contribution in [2.75, 3.05) is 18.5 Å². The highest BCUT2D eigenvalue weighted by Crippen LogP contribution is 2.23. The van der Waals surface area contributed by atoms with Crippen LogP contribution in [0.1, 0.15) is 31.2 Å². The molecule has 1 unspecified atom stereocenters. The summed E-state index contributed by atoms with van der Waals surface area (Å²) in [5.74, 6) is 0.271. The van der Waals surface area contributed by atoms with Gasteiger partial charge >= 0.3 is 0 Å². The third kappa shape index (κ3) is 4.62. The first kappa shape index (κ1) is 13.7. The van der Waals surface area contributed by atoms with Crippen molar-refractivity contribution in [3.63, 3.8) is 0 Å². The van der Waals surface area contributed by atoms with Gasteiger partial charge in [0.05, 0.1) is 0 Å². The molecule has 3 heteroatoms. The van der Waals surface area contributed by atoms with E-state index in [1.165, 1.54) is 17.7 Å². The zero-order valence-electron chi connectivity index (χ0n) is 9.59. The highest BCUT2D eigenvalue weighted by atomic mass is 79.9. The number of benzene rings is 1. The van der Waals surface area contributed by atoms with Crippen LogP contribution in [0.15, 0.2) is 24.3 Å². The van der Waals surface area contributed by atoms with E-state index in [4.69, 9.17) is 4.74 Å². The van der Waals surface area contributed by atoms with E-state index >= 15 is 0 Å². The van der Waals surface area contributed by atoms with Crippen molar-refractivity contribution in [3.05, 3.63) is 35.6 Å². The Balaban J connectivity index is 2.44. The lowest BCUT2D eigenvalue weighted by Crippen LogP contribution is -2.03. The van der Waals surface area contributed by atoms with E-state index in [0.29, 0.717) is 5.92 Å². The summed E-state index contributed by atoms with van der Waals surface area (Å²) in [7, 11) is 0. The molecule has 0 heterocycles. The summed E-state index contributed by atoms with van der Waals surface area (Å²) in [5.41, 5.74) is 1.19. The molecule has 1 nitrogen and oxygen atoms in total. The lowest BCUT2D eigenvalue weighted by molar-refractivity contribution is 0.142. The zero-order valence-corrected chi connectivity index (χ0v) is 11.2. The fourth-order valence-electron chi connectivity index (χ4n) is 1.64. The van der Waals surface area contributed by atoms with Gasteiger partial charge in [-0.1, -0.05) is 28.1 Å². The maximum Gasteiger partial charge on any atom is 0.123 e. The summed E-state index contributed by atoms with van der Waals surface area (Å²) in [5, 5.41) is 0.907. The summed E-state index contributed by atoms with van der Waals surface area (Å²) in [6, 6.07) is 6.77. The molecule has 0 aliphatic heterocycles. The molecule has 16 heavy (non-hydrogen) atoms. The molecule has 1 aromatic rings. The van der Waals surface area contributed by atoms with Crippen LogP contribution in [0.5, 0.6) is 0 Å². The minimum absolute atomic E-state index is 0.175. The largest absolute Gasteiger partial charge is 0.382 e. The first-order chi connectivity index (χ1) is 7.77. The van der Waals surface area contributed by atoms with Crippen LogP contribution in [0.3, 0.4) is 0 Å². The molecular formula is C13H18BrFO. The molecule has 90 valence electrons. The minimum atomic E-state index is -0.175. The molecule has 0 saturated carbocycles. The molecule has 1 atom stereocenters. The van der Waals surface area contributed by atoms with Crippen molar-refractivity contribution in [3.8, 4) is 0 Å². The number of ether oxygens (including phenoxy) is 1. The topological polar surface area (TPSA) is 9.23 Å². The van der Waals surface area contributed by atoms with Crippen LogP contribution in [-0.2, 0) is 4.74 Å². The fraction of sp³-hybridized carbons (Fsp3) is 0.538. The maximum absolute atomic E-state index is 12.8. The quantitative estimate of drug-likeness (QED) is 0.542. The Morgan fingerprint density at radius 1 is 1.31 bits per heavy atom. The maximum atomic E-state index is 12.8. The number of hydrogen-bond donors (Lipinski definition) is 0. The van der Waals surface area contributed by atoms with Crippen molar-refractivity contribution in [2.45, 2.75) is 25.7 Å². The predicted octanol–water partition coefficient (Wildman–Crippen LogP) is 4.12. The van der Waals surface area contributed by atoms with Crippen molar-refractivity contribution in [1.82, 2.24) is 0 Å². The van der Waals surface area contributed by atoms with Gasteiger partial charge in [0.2, 0.25) is 0 Å². The second-order valence-electron chi connectivity index (χ2n) is 3.74. The average molecular weight is 289 g/mol. The summed E-state index contributed by atoms with van der Waals surface area (Å²) in [4.78, 5) is 0. The molecule has 0 aromatic heterocycles. The van der Waals surface area contributed by atoms with Crippen LogP contribution in [0.2, 0.25) is 0 Å². The van der Waals surface area contributed by atoms with E-state index in [9.17, 15) is 4.39 Å². The lowest BCUT2D eigenvalue weighted by atomic mass is 9.96. The Bertz CT molecular complexity index is 286. The molecule has 0 saturated heterocycles. The molecule has 1 aromatic carbocycles. The summed E-state index contributed by atoms with van der Waals surface area (Å²) in [6.45, 7) is 3.58. The van der Waals surface area contributed by atoms with Gasteiger partial charge in [-0.3, -0.25) is 0 Å². The molecule has 0 amide bonds. The Labute approximate surface area is 105 Å². The number of alkyl halides is 1. The smallest absolute Gasteiger partial charge is 0.123 e. The Morgan fingerprint density at radius 3 is 2.56 bits per heavy atom. The van der Waals surface area contributed by atoms with Crippen molar-refractivity contribution < 1.29 is 9.13 Å². The van der Waals surface area contributed by atoms with Gasteiger partial charge in [0.15, 0.2) is 0 Å². The molecule has 0 aliphatic carbocycles. The summed E-state index contributed by atoms with van der Waals surface area (Å²) < 4.78 is 18.1. The summed E-state index contributed by atoms with van der Waals surface area (Å²) >= 11 is 3.51. The highest BCUT2D eigenvalue weighted by molar-refractivity contribution is 9.09. The van der Waals surface area contributed by atoms with Gasteiger partial charge in [-0.25, -0.2) is 4.39 Å². The number of hydrogen-bond acceptors (Lipinski definition) is 1. The van der Waals surface area contributed by atoms with Gasteiger partial charge in [0, 0.05) is 18.5 Å². The van der Waals surface area contributed by atoms with Crippen LogP contribution in [-0.4, -0.2) is 18.5 Å². The van der Waals surface area contributed by atoms with Gasteiger partial charge in [0.25, 0.3) is 0 Å². The van der Waals surface area contributed by atoms with Crippen LogP contribution < -0.4 is 0 Å². The fourth-order valence-corrected chi connectivity index (χ4v) is 2.34. The van der Waals surface area contributed by atoms with Crippen molar-refractivity contribution >= 4 is 15.9 Å². The van der Waals surface area contributed by atoms with E-state index in [-0.39, 0.29) is 5.82 Å². The Kier molecular flexibility index (Phi) is 6.65. The van der Waals surface area contributed by atoms with Gasteiger partial charge in [-0.05, 0) is 43.4 Å². The standard InChI is InChI=1S/C13H18BrFO/c1-2-16-9-3-4-12(10-14)11-5-7-13(15)8-6-11/h5-8,12H,2-4,9-10H2,1H3. The molecule has 0 radical (unpaired) electrons. The second kappa shape index (κ2) is 7.80. The minimum Gasteiger partial charge on any atom is -0.382 e. The van der Waals surface area contributed by atoms with Gasteiger partial charge in [0.1, 0.15) is 5.82 Å². The Morgan fingerprint density at radius 2 is 2.00 bits per heavy atom. The van der Waals surface area contributed by atoms with E-state index in [0.717, 1.165) is 31.4 Å². The molecular weight excluding hydrogens is 271 g/mol. The highest BCUT2D eigenvalue weighted by Gasteiger charge is 2.09. The van der Waals surface area contributed by atoms with Crippen LogP contribution in [0.4, 0.5) is 4.39 Å². The number of halogens is 2. The first-order valence-electron chi connectivity index (χ1n) is 5.67. The monoisotopic (exact) mass is 288 g/mol. The van der Waals surface area contributed by atoms with Crippen LogP contribution in [0.25, 0.3) is 0 Å². The normalized spacial score (nSPS) is 12.7. The third-order valence-electron chi connectivity index (χ3n) is 2.57. The van der Waals surface area contributed by atoms with Gasteiger partial charge < -0.3 is 4.74 Å². The SMILES string of the molecule is CCOCCCC(CBr)c1ccc(F)cc1. The molecule has 0 aliphatic rings. The average Bonchev–Trinajstić information content (AvgIpc) is 2.31. The zero-order chi connectivity index (χ0) is 11.8. The van der Waals surface area contributed by atoms with Crippen molar-refractivity contribution in [2.24, 2.45) is 0 Å². The van der Waals surface area contributed by atoms with E-state index in [2.05, 4.69) is 15.9 Å². The molecule has 0 N–H and O–H groups in total. The third-order valence-corrected chi connectivity index (χ3v) is 3.35. The lowest BCUT2D eigenvalue weighted by Gasteiger charge is -2.14. The van der Waals surface area contributed by atoms with E-state index < -0.39 is 0 Å². The molecule has 0 fully saturated rings. The van der Waals surface area contributed by atoms with Gasteiger partial charge in [-0.15, -0.1) is 0 Å². The molecule has 0 bridgehead atoms. The molecule has 0 spiro atoms. The first-order valence-corrected chi connectivity index (χ1v) is 6.79. The summed E-state index contributed by atoms with van der Waals surface area (Å²) in [6.07, 6.45) is 2.11. The van der Waals surface area contributed by atoms with Crippen LogP contribution >= 0.6 is 15.9 Å². The molecule has 1 rings (SSSR count). The van der Waals surface area contributed by atoms with E-state index in [1.807, 2.05) is 19.1 Å². The van der Waals surface area contributed by atoms with Crippen molar-refractivity contribution in [1.29, 1.82) is 0 Å². The van der Waals surface area contributed by atoms with E-state index in [1.54, 1.807) is 0 Å². The second-order valence-corrected chi connectivity index (χ2v) is 4.39. The predicted molar refractivity (Wildman–Crippen MR) is 68.7 cm³/mol.